The number of nitrogens with zero attached hydrogens (tertiary/aromatic N) is 5. The van der Waals surface area contributed by atoms with E-state index in [4.69, 9.17) is 4.74 Å². The zero-order chi connectivity index (χ0) is 21.8. The molecule has 0 radical (unpaired) electrons. The van der Waals surface area contributed by atoms with E-state index in [0.29, 0.717) is 43.1 Å². The first-order chi connectivity index (χ1) is 15.0. The predicted octanol–water partition coefficient (Wildman–Crippen LogP) is 3.16. The van der Waals surface area contributed by atoms with Crippen LogP contribution in [0, 0.1) is 5.82 Å². The number of halogens is 1. The van der Waals surface area contributed by atoms with Crippen LogP contribution in [0.3, 0.4) is 0 Å². The minimum absolute atomic E-state index is 0.0575. The van der Waals surface area contributed by atoms with Crippen LogP contribution in [-0.2, 0) is 9.53 Å². The van der Waals surface area contributed by atoms with Gasteiger partial charge in [-0.05, 0) is 23.8 Å². The Morgan fingerprint density at radius 3 is 2.52 bits per heavy atom. The van der Waals surface area contributed by atoms with Crippen LogP contribution >= 0.6 is 11.8 Å². The maximum Gasteiger partial charge on any atom is 0.240 e. The second kappa shape index (κ2) is 9.49. The molecule has 1 aliphatic heterocycles. The van der Waals surface area contributed by atoms with Crippen LogP contribution in [0.25, 0.3) is 5.69 Å². The number of carbonyl (C=O) groups is 1. The van der Waals surface area contributed by atoms with Gasteiger partial charge >= 0.3 is 0 Å². The number of carbonyl (C=O) groups excluding carboxylic acids is 1. The average molecular weight is 442 g/mol. The van der Waals surface area contributed by atoms with Crippen molar-refractivity contribution < 1.29 is 13.9 Å². The number of hydrogen-bond donors (Lipinski definition) is 0. The van der Waals surface area contributed by atoms with E-state index < -0.39 is 5.25 Å². The van der Waals surface area contributed by atoms with Crippen LogP contribution in [0.5, 0.6) is 0 Å². The quantitative estimate of drug-likeness (QED) is 0.548. The maximum atomic E-state index is 14.1. The van der Waals surface area contributed by atoms with Gasteiger partial charge in [0.2, 0.25) is 11.9 Å². The minimum atomic E-state index is -0.509. The van der Waals surface area contributed by atoms with E-state index in [1.807, 2.05) is 41.0 Å². The summed E-state index contributed by atoms with van der Waals surface area (Å²) >= 11 is 1.31. The molecule has 1 amide bonds. The van der Waals surface area contributed by atoms with Crippen molar-refractivity contribution in [3.05, 3.63) is 66.0 Å². The first kappa shape index (κ1) is 21.3. The van der Waals surface area contributed by atoms with Gasteiger partial charge in [0.15, 0.2) is 5.16 Å². The molecule has 1 aromatic heterocycles. The van der Waals surface area contributed by atoms with Crippen molar-refractivity contribution in [3.8, 4) is 5.69 Å². The van der Waals surface area contributed by atoms with Gasteiger partial charge in [-0.3, -0.25) is 9.36 Å². The second-order valence-corrected chi connectivity index (χ2v) is 8.41. The molecule has 1 saturated heterocycles. The van der Waals surface area contributed by atoms with Crippen molar-refractivity contribution >= 4 is 23.6 Å². The van der Waals surface area contributed by atoms with E-state index in [1.165, 1.54) is 23.9 Å². The summed E-state index contributed by atoms with van der Waals surface area (Å²) in [7, 11) is 3.46. The van der Waals surface area contributed by atoms with E-state index in [2.05, 4.69) is 15.1 Å². The average Bonchev–Trinajstić information content (AvgIpc) is 3.22. The predicted molar refractivity (Wildman–Crippen MR) is 118 cm³/mol. The van der Waals surface area contributed by atoms with Gasteiger partial charge in [0, 0.05) is 27.2 Å². The molecule has 3 aromatic rings. The van der Waals surface area contributed by atoms with E-state index in [-0.39, 0.29) is 11.7 Å². The number of morpholine rings is 1. The smallest absolute Gasteiger partial charge is 0.240 e. The van der Waals surface area contributed by atoms with Crippen LogP contribution in [0.1, 0.15) is 10.8 Å². The molecule has 162 valence electrons. The Morgan fingerprint density at radius 1 is 1.10 bits per heavy atom. The summed E-state index contributed by atoms with van der Waals surface area (Å²) in [6, 6.07) is 15.9. The molecular formula is C22H24FN5O2S. The van der Waals surface area contributed by atoms with Crippen LogP contribution in [0.15, 0.2) is 59.8 Å². The Balaban J connectivity index is 1.78. The highest BCUT2D eigenvalue weighted by Crippen LogP contribution is 2.38. The lowest BCUT2D eigenvalue weighted by Gasteiger charge is -2.28. The molecule has 0 aliphatic carbocycles. The molecule has 0 N–H and O–H groups in total. The molecule has 0 spiro atoms. The van der Waals surface area contributed by atoms with Crippen molar-refractivity contribution in [1.82, 2.24) is 19.7 Å². The topological polar surface area (TPSA) is 63.5 Å². The molecule has 0 saturated carbocycles. The molecule has 2 heterocycles. The fourth-order valence-corrected chi connectivity index (χ4v) is 4.57. The lowest BCUT2D eigenvalue weighted by Crippen LogP contribution is -2.38. The highest BCUT2D eigenvalue weighted by Gasteiger charge is 2.29. The fraction of sp³-hybridized carbons (Fsp3) is 0.318. The zero-order valence-corrected chi connectivity index (χ0v) is 18.3. The maximum absolute atomic E-state index is 14.1. The van der Waals surface area contributed by atoms with Crippen LogP contribution in [0.2, 0.25) is 0 Å². The number of rotatable bonds is 6. The van der Waals surface area contributed by atoms with Gasteiger partial charge in [-0.25, -0.2) is 4.39 Å². The van der Waals surface area contributed by atoms with Crippen LogP contribution < -0.4 is 4.90 Å². The van der Waals surface area contributed by atoms with Gasteiger partial charge in [0.25, 0.3) is 0 Å². The summed E-state index contributed by atoms with van der Waals surface area (Å²) in [5, 5.41) is 8.83. The van der Waals surface area contributed by atoms with Crippen molar-refractivity contribution in [3.63, 3.8) is 0 Å². The Morgan fingerprint density at radius 2 is 1.84 bits per heavy atom. The van der Waals surface area contributed by atoms with E-state index in [0.717, 1.165) is 5.56 Å². The number of thioether (sulfide) groups is 1. The van der Waals surface area contributed by atoms with Gasteiger partial charge in [-0.1, -0.05) is 48.2 Å². The van der Waals surface area contributed by atoms with Gasteiger partial charge in [0.05, 0.1) is 18.9 Å². The van der Waals surface area contributed by atoms with Crippen molar-refractivity contribution in [2.75, 3.05) is 45.3 Å². The molecule has 1 unspecified atom stereocenters. The first-order valence-corrected chi connectivity index (χ1v) is 10.9. The standard InChI is InChI=1S/C22H24FN5O2S/c1-26(2)20(29)19(16-7-4-3-5-8-16)31-22-25-24-21(27-11-13-30-14-12-27)28(22)18-10-6-9-17(23)15-18/h3-10,15,19H,11-14H2,1-2H3. The number of aromatic nitrogens is 3. The van der Waals surface area contributed by atoms with Gasteiger partial charge in [-0.2, -0.15) is 0 Å². The molecule has 7 nitrogen and oxygen atoms in total. The molecule has 1 fully saturated rings. The number of hydrogen-bond acceptors (Lipinski definition) is 6. The molecule has 0 bridgehead atoms. The van der Waals surface area contributed by atoms with Crippen molar-refractivity contribution in [2.24, 2.45) is 0 Å². The summed E-state index contributed by atoms with van der Waals surface area (Å²) in [5.41, 5.74) is 1.48. The zero-order valence-electron chi connectivity index (χ0n) is 17.4. The molecular weight excluding hydrogens is 417 g/mol. The van der Waals surface area contributed by atoms with E-state index in [1.54, 1.807) is 25.1 Å². The Bertz CT molecular complexity index is 1040. The third-order valence-electron chi connectivity index (χ3n) is 4.97. The molecule has 31 heavy (non-hydrogen) atoms. The number of likely N-dealkylation sites (N-methyl/N-ethyl adjacent to an activating group) is 1. The molecule has 2 aromatic carbocycles. The largest absolute Gasteiger partial charge is 0.378 e. The second-order valence-electron chi connectivity index (χ2n) is 7.34. The van der Waals surface area contributed by atoms with Crippen molar-refractivity contribution in [2.45, 2.75) is 10.4 Å². The third-order valence-corrected chi connectivity index (χ3v) is 6.15. The monoisotopic (exact) mass is 441 g/mol. The highest BCUT2D eigenvalue weighted by atomic mass is 32.2. The molecule has 1 atom stereocenters. The normalized spacial score (nSPS) is 15.0. The minimum Gasteiger partial charge on any atom is -0.378 e. The molecule has 4 rings (SSSR count). The van der Waals surface area contributed by atoms with E-state index >= 15 is 0 Å². The lowest BCUT2D eigenvalue weighted by atomic mass is 10.1. The highest BCUT2D eigenvalue weighted by molar-refractivity contribution is 8.00. The molecule has 9 heteroatoms. The summed E-state index contributed by atoms with van der Waals surface area (Å²) in [6.45, 7) is 2.50. The van der Waals surface area contributed by atoms with Gasteiger partial charge in [-0.15, -0.1) is 10.2 Å². The number of anilines is 1. The Hall–Kier alpha value is -2.91. The summed E-state index contributed by atoms with van der Waals surface area (Å²) in [6.07, 6.45) is 0. The summed E-state index contributed by atoms with van der Waals surface area (Å²) in [5.74, 6) is 0.206. The third kappa shape index (κ3) is 4.72. The molecule has 1 aliphatic rings. The lowest BCUT2D eigenvalue weighted by molar-refractivity contribution is -0.128. The first-order valence-electron chi connectivity index (χ1n) is 10.0. The van der Waals surface area contributed by atoms with E-state index in [9.17, 15) is 9.18 Å². The fourth-order valence-electron chi connectivity index (χ4n) is 3.38. The number of ether oxygens (including phenoxy) is 1. The Kier molecular flexibility index (Phi) is 6.53. The SMILES string of the molecule is CN(C)C(=O)C(Sc1nnc(N2CCOCC2)n1-c1cccc(F)c1)c1ccccc1. The van der Waals surface area contributed by atoms with Crippen molar-refractivity contribution in [1.29, 1.82) is 0 Å². The van der Waals surface area contributed by atoms with Crippen LogP contribution in [-0.4, -0.2) is 66.0 Å². The van der Waals surface area contributed by atoms with Crippen LogP contribution in [0.4, 0.5) is 10.3 Å². The summed E-state index contributed by atoms with van der Waals surface area (Å²) < 4.78 is 21.3. The number of benzene rings is 2. The Labute approximate surface area is 184 Å². The summed E-state index contributed by atoms with van der Waals surface area (Å²) in [4.78, 5) is 16.7. The van der Waals surface area contributed by atoms with Gasteiger partial charge < -0.3 is 14.5 Å². The van der Waals surface area contributed by atoms with Gasteiger partial charge in [0.1, 0.15) is 11.1 Å². The number of amides is 1.